The summed E-state index contributed by atoms with van der Waals surface area (Å²) in [6.45, 7) is 6.51. The molecule has 1 saturated heterocycles. The molecule has 1 aromatic heterocycles. The van der Waals surface area contributed by atoms with E-state index in [2.05, 4.69) is 26.2 Å². The van der Waals surface area contributed by atoms with Crippen molar-refractivity contribution in [2.75, 3.05) is 37.6 Å². The fraction of sp³-hybridized carbons (Fsp3) is 0.667. The number of nitrogens with one attached hydrogen (secondary N) is 1. The Kier molecular flexibility index (Phi) is 6.26. The summed E-state index contributed by atoms with van der Waals surface area (Å²) in [5.41, 5.74) is 1.52. The quantitative estimate of drug-likeness (QED) is 0.803. The van der Waals surface area contributed by atoms with Crippen LogP contribution in [0.25, 0.3) is 0 Å². The Morgan fingerprint density at radius 3 is 2.83 bits per heavy atom. The van der Waals surface area contributed by atoms with E-state index >= 15 is 0 Å². The van der Waals surface area contributed by atoms with Gasteiger partial charge in [0, 0.05) is 44.3 Å². The third kappa shape index (κ3) is 4.57. The maximum atomic E-state index is 12.4. The summed E-state index contributed by atoms with van der Waals surface area (Å²) in [7, 11) is 0. The molecule has 1 fully saturated rings. The second-order valence-electron chi connectivity index (χ2n) is 6.66. The van der Waals surface area contributed by atoms with Gasteiger partial charge in [0.1, 0.15) is 0 Å². The summed E-state index contributed by atoms with van der Waals surface area (Å²) in [5, 5.41) is 6.22. The number of rotatable bonds is 6. The minimum atomic E-state index is -0.0521. The Morgan fingerprint density at radius 1 is 1.33 bits per heavy atom. The van der Waals surface area contributed by atoms with Crippen molar-refractivity contribution in [1.82, 2.24) is 15.2 Å². The SMILES string of the molecule is CC(C(=O)NCCC1=CCCCC1)N1CCN(c2nccs2)CC1. The van der Waals surface area contributed by atoms with Gasteiger partial charge in [-0.15, -0.1) is 11.3 Å². The Hall–Kier alpha value is -1.40. The molecule has 0 bridgehead atoms. The van der Waals surface area contributed by atoms with Crippen molar-refractivity contribution >= 4 is 22.4 Å². The number of anilines is 1. The molecule has 1 aromatic rings. The largest absolute Gasteiger partial charge is 0.354 e. The fourth-order valence-corrected chi connectivity index (χ4v) is 4.16. The van der Waals surface area contributed by atoms with E-state index in [9.17, 15) is 4.79 Å². The topological polar surface area (TPSA) is 48.5 Å². The number of amides is 1. The monoisotopic (exact) mass is 348 g/mol. The van der Waals surface area contributed by atoms with Gasteiger partial charge >= 0.3 is 0 Å². The van der Waals surface area contributed by atoms with Gasteiger partial charge in [0.2, 0.25) is 5.91 Å². The molecule has 6 heteroatoms. The molecule has 1 aliphatic carbocycles. The van der Waals surface area contributed by atoms with Crippen molar-refractivity contribution in [3.05, 3.63) is 23.2 Å². The van der Waals surface area contributed by atoms with Gasteiger partial charge in [-0.05, 0) is 39.0 Å². The number of carbonyl (C=O) groups is 1. The number of hydrogen-bond acceptors (Lipinski definition) is 5. The minimum Gasteiger partial charge on any atom is -0.354 e. The molecule has 2 heterocycles. The average molecular weight is 349 g/mol. The number of piperazine rings is 1. The molecule has 0 aromatic carbocycles. The highest BCUT2D eigenvalue weighted by molar-refractivity contribution is 7.13. The smallest absolute Gasteiger partial charge is 0.237 e. The number of carbonyl (C=O) groups excluding carboxylic acids is 1. The van der Waals surface area contributed by atoms with Crippen LogP contribution in [0.5, 0.6) is 0 Å². The van der Waals surface area contributed by atoms with Crippen LogP contribution in [0.4, 0.5) is 5.13 Å². The van der Waals surface area contributed by atoms with Crippen LogP contribution >= 0.6 is 11.3 Å². The van der Waals surface area contributed by atoms with Crippen molar-refractivity contribution in [3.63, 3.8) is 0 Å². The molecule has 3 rings (SSSR count). The first-order valence-electron chi connectivity index (χ1n) is 9.08. The zero-order valence-corrected chi connectivity index (χ0v) is 15.4. The molecule has 1 N–H and O–H groups in total. The number of hydrogen-bond donors (Lipinski definition) is 1. The van der Waals surface area contributed by atoms with Gasteiger partial charge in [0.25, 0.3) is 0 Å². The number of nitrogens with zero attached hydrogens (tertiary/aromatic N) is 3. The Balaban J connectivity index is 1.38. The molecule has 0 spiro atoms. The van der Waals surface area contributed by atoms with E-state index in [1.54, 1.807) is 11.3 Å². The molecule has 0 saturated carbocycles. The molecule has 5 nitrogen and oxygen atoms in total. The van der Waals surface area contributed by atoms with E-state index in [0.717, 1.165) is 44.3 Å². The molecule has 1 aliphatic heterocycles. The first-order chi connectivity index (χ1) is 11.7. The summed E-state index contributed by atoms with van der Waals surface area (Å²) in [6, 6.07) is -0.0521. The van der Waals surface area contributed by atoms with Crippen LogP contribution in [-0.4, -0.2) is 54.6 Å². The van der Waals surface area contributed by atoms with E-state index in [1.807, 2.05) is 18.5 Å². The van der Waals surface area contributed by atoms with Crippen molar-refractivity contribution < 1.29 is 4.79 Å². The van der Waals surface area contributed by atoms with Crippen LogP contribution in [0.3, 0.4) is 0 Å². The Labute approximate surface area is 148 Å². The van der Waals surface area contributed by atoms with E-state index in [4.69, 9.17) is 0 Å². The normalized spacial score (nSPS) is 20.5. The third-order valence-corrected chi connectivity index (χ3v) is 5.89. The van der Waals surface area contributed by atoms with E-state index < -0.39 is 0 Å². The Morgan fingerprint density at radius 2 is 2.17 bits per heavy atom. The highest BCUT2D eigenvalue weighted by atomic mass is 32.1. The lowest BCUT2D eigenvalue weighted by molar-refractivity contribution is -0.125. The summed E-state index contributed by atoms with van der Waals surface area (Å²) in [5.74, 6) is 0.161. The lowest BCUT2D eigenvalue weighted by Gasteiger charge is -2.37. The summed E-state index contributed by atoms with van der Waals surface area (Å²) < 4.78 is 0. The van der Waals surface area contributed by atoms with Gasteiger partial charge in [-0.3, -0.25) is 9.69 Å². The summed E-state index contributed by atoms with van der Waals surface area (Å²) >= 11 is 1.68. The first kappa shape index (κ1) is 17.4. The molecule has 132 valence electrons. The van der Waals surface area contributed by atoms with Gasteiger partial charge in [-0.25, -0.2) is 4.98 Å². The van der Waals surface area contributed by atoms with Crippen LogP contribution in [-0.2, 0) is 4.79 Å². The molecule has 1 unspecified atom stereocenters. The molecule has 1 atom stereocenters. The average Bonchev–Trinajstić information content (AvgIpc) is 3.17. The predicted molar refractivity (Wildman–Crippen MR) is 99.5 cm³/mol. The molecule has 2 aliphatic rings. The van der Waals surface area contributed by atoms with E-state index in [-0.39, 0.29) is 11.9 Å². The number of thiazole rings is 1. The molecule has 24 heavy (non-hydrogen) atoms. The van der Waals surface area contributed by atoms with Gasteiger partial charge in [0.05, 0.1) is 6.04 Å². The van der Waals surface area contributed by atoms with Gasteiger partial charge < -0.3 is 10.2 Å². The van der Waals surface area contributed by atoms with Crippen LogP contribution in [0.15, 0.2) is 23.2 Å². The second-order valence-corrected chi connectivity index (χ2v) is 7.54. The molecular weight excluding hydrogens is 320 g/mol. The van der Waals surface area contributed by atoms with Crippen molar-refractivity contribution in [1.29, 1.82) is 0 Å². The van der Waals surface area contributed by atoms with Gasteiger partial charge in [-0.2, -0.15) is 0 Å². The van der Waals surface area contributed by atoms with Crippen LogP contribution in [0.2, 0.25) is 0 Å². The van der Waals surface area contributed by atoms with Crippen LogP contribution in [0, 0.1) is 0 Å². The van der Waals surface area contributed by atoms with Gasteiger partial charge in [0.15, 0.2) is 5.13 Å². The summed E-state index contributed by atoms with van der Waals surface area (Å²) in [4.78, 5) is 21.4. The van der Waals surface area contributed by atoms with Crippen LogP contribution in [0.1, 0.15) is 39.0 Å². The third-order valence-electron chi connectivity index (χ3n) is 5.06. The minimum absolute atomic E-state index is 0.0521. The lowest BCUT2D eigenvalue weighted by Crippen LogP contribution is -2.54. The maximum Gasteiger partial charge on any atom is 0.237 e. The fourth-order valence-electron chi connectivity index (χ4n) is 3.46. The first-order valence-corrected chi connectivity index (χ1v) is 9.96. The zero-order chi connectivity index (χ0) is 16.8. The Bertz CT molecular complexity index is 549. The standard InChI is InChI=1S/C18H28N4OS/c1-15(17(23)19-8-7-16-5-3-2-4-6-16)21-10-12-22(13-11-21)18-20-9-14-24-18/h5,9,14-15H,2-4,6-8,10-13H2,1H3,(H,19,23). The number of allylic oxidation sites excluding steroid dienone is 1. The summed E-state index contributed by atoms with van der Waals surface area (Å²) in [6.07, 6.45) is 10.3. The maximum absolute atomic E-state index is 12.4. The predicted octanol–water partition coefficient (Wildman–Crippen LogP) is 2.66. The van der Waals surface area contributed by atoms with Crippen molar-refractivity contribution in [2.45, 2.75) is 45.1 Å². The van der Waals surface area contributed by atoms with Crippen LogP contribution < -0.4 is 10.2 Å². The van der Waals surface area contributed by atoms with Gasteiger partial charge in [-0.1, -0.05) is 11.6 Å². The second kappa shape index (κ2) is 8.62. The number of aromatic nitrogens is 1. The molecule has 0 radical (unpaired) electrons. The van der Waals surface area contributed by atoms with Crippen molar-refractivity contribution in [3.8, 4) is 0 Å². The van der Waals surface area contributed by atoms with E-state index in [0.29, 0.717) is 0 Å². The molecule has 1 amide bonds. The highest BCUT2D eigenvalue weighted by Crippen LogP contribution is 2.20. The molecular formula is C18H28N4OS. The zero-order valence-electron chi connectivity index (χ0n) is 14.5. The highest BCUT2D eigenvalue weighted by Gasteiger charge is 2.26. The van der Waals surface area contributed by atoms with Crippen molar-refractivity contribution in [2.24, 2.45) is 0 Å². The lowest BCUT2D eigenvalue weighted by atomic mass is 9.97. The van der Waals surface area contributed by atoms with E-state index in [1.165, 1.54) is 31.3 Å².